The molecular weight excluding hydrogens is 442 g/mol. The number of carbonyl (C=O) groups is 3. The Morgan fingerprint density at radius 1 is 0.970 bits per heavy atom. The van der Waals surface area contributed by atoms with Crippen LogP contribution in [0.25, 0.3) is 0 Å². The molecule has 0 aromatic heterocycles. The maximum absolute atomic E-state index is 13.0. The standard InChI is InChI=1S/C24H21N3O5S/c1-2-33(31,32)21-10-6-3-7-18(21)23(29)25-17-13-11-16(12-14-17)24(30)27-15-22(28)26-19-8-4-5-9-20(19)27/h3-14H,2,15H2,1H3,(H,25,29)(H,26,28). The topological polar surface area (TPSA) is 113 Å². The molecule has 1 heterocycles. The van der Waals surface area contributed by atoms with Crippen molar-refractivity contribution < 1.29 is 22.8 Å². The molecule has 2 N–H and O–H groups in total. The zero-order chi connectivity index (χ0) is 23.6. The number of sulfone groups is 1. The van der Waals surface area contributed by atoms with Crippen LogP contribution in [0.4, 0.5) is 17.1 Å². The van der Waals surface area contributed by atoms with E-state index in [1.807, 2.05) is 0 Å². The van der Waals surface area contributed by atoms with Crippen LogP contribution in [0.3, 0.4) is 0 Å². The van der Waals surface area contributed by atoms with Gasteiger partial charge in [0.15, 0.2) is 9.84 Å². The minimum atomic E-state index is -3.57. The van der Waals surface area contributed by atoms with Crippen LogP contribution >= 0.6 is 0 Å². The number of fused-ring (bicyclic) bond motifs is 1. The number of hydrogen-bond acceptors (Lipinski definition) is 5. The molecule has 0 radical (unpaired) electrons. The van der Waals surface area contributed by atoms with Crippen molar-refractivity contribution in [3.8, 4) is 0 Å². The normalized spacial score (nSPS) is 13.1. The fraction of sp³-hybridized carbons (Fsp3) is 0.125. The van der Waals surface area contributed by atoms with Crippen molar-refractivity contribution in [2.45, 2.75) is 11.8 Å². The lowest BCUT2D eigenvalue weighted by molar-refractivity contribution is -0.115. The number of rotatable bonds is 5. The maximum Gasteiger partial charge on any atom is 0.258 e. The molecule has 0 saturated heterocycles. The van der Waals surface area contributed by atoms with Crippen LogP contribution in [0.1, 0.15) is 27.6 Å². The molecule has 0 atom stereocenters. The number of benzene rings is 3. The molecule has 9 heteroatoms. The first kappa shape index (κ1) is 22.2. The predicted molar refractivity (Wildman–Crippen MR) is 125 cm³/mol. The van der Waals surface area contributed by atoms with E-state index in [4.69, 9.17) is 0 Å². The van der Waals surface area contributed by atoms with Crippen LogP contribution in [-0.4, -0.2) is 38.4 Å². The molecule has 3 aromatic carbocycles. The third kappa shape index (κ3) is 4.49. The number of hydrogen-bond donors (Lipinski definition) is 2. The number of para-hydroxylation sites is 2. The molecule has 0 unspecified atom stereocenters. The summed E-state index contributed by atoms with van der Waals surface area (Å²) >= 11 is 0. The van der Waals surface area contributed by atoms with Gasteiger partial charge in [0, 0.05) is 11.3 Å². The Kier molecular flexibility index (Phi) is 5.97. The summed E-state index contributed by atoms with van der Waals surface area (Å²) in [6.45, 7) is 1.42. The average molecular weight is 464 g/mol. The molecule has 0 spiro atoms. The van der Waals surface area contributed by atoms with Crippen LogP contribution in [0, 0.1) is 0 Å². The third-order valence-electron chi connectivity index (χ3n) is 5.25. The highest BCUT2D eigenvalue weighted by Gasteiger charge is 2.27. The van der Waals surface area contributed by atoms with Crippen LogP contribution in [0.15, 0.2) is 77.7 Å². The summed E-state index contributed by atoms with van der Waals surface area (Å²) in [5, 5.41) is 5.41. The Labute approximate surface area is 191 Å². The molecule has 0 bridgehead atoms. The summed E-state index contributed by atoms with van der Waals surface area (Å²) in [5.41, 5.74) is 1.96. The van der Waals surface area contributed by atoms with Gasteiger partial charge in [-0.1, -0.05) is 31.2 Å². The van der Waals surface area contributed by atoms with Crippen LogP contribution in [0.5, 0.6) is 0 Å². The highest BCUT2D eigenvalue weighted by Crippen LogP contribution is 2.30. The Hall–Kier alpha value is -3.98. The molecule has 168 valence electrons. The number of nitrogens with zero attached hydrogens (tertiary/aromatic N) is 1. The first-order valence-corrected chi connectivity index (χ1v) is 11.9. The second-order valence-electron chi connectivity index (χ2n) is 7.39. The molecule has 4 rings (SSSR count). The van der Waals surface area contributed by atoms with Gasteiger partial charge in [0.05, 0.1) is 27.6 Å². The van der Waals surface area contributed by atoms with Crippen molar-refractivity contribution in [3.63, 3.8) is 0 Å². The van der Waals surface area contributed by atoms with E-state index >= 15 is 0 Å². The van der Waals surface area contributed by atoms with Gasteiger partial charge in [-0.2, -0.15) is 0 Å². The summed E-state index contributed by atoms with van der Waals surface area (Å²) in [5.74, 6) is -1.32. The van der Waals surface area contributed by atoms with E-state index in [0.29, 0.717) is 22.6 Å². The van der Waals surface area contributed by atoms with Crippen molar-refractivity contribution in [2.24, 2.45) is 0 Å². The molecule has 1 aliphatic rings. The van der Waals surface area contributed by atoms with Gasteiger partial charge in [-0.05, 0) is 48.5 Å². The van der Waals surface area contributed by atoms with Crippen molar-refractivity contribution in [1.82, 2.24) is 0 Å². The number of carbonyl (C=O) groups excluding carboxylic acids is 3. The molecule has 0 saturated carbocycles. The summed E-state index contributed by atoms with van der Waals surface area (Å²) in [6.07, 6.45) is 0. The lowest BCUT2D eigenvalue weighted by Crippen LogP contribution is -2.42. The molecule has 3 aromatic rings. The zero-order valence-corrected chi connectivity index (χ0v) is 18.6. The lowest BCUT2D eigenvalue weighted by Gasteiger charge is -2.29. The van der Waals surface area contributed by atoms with Gasteiger partial charge in [-0.25, -0.2) is 8.42 Å². The van der Waals surface area contributed by atoms with E-state index in [1.54, 1.807) is 60.7 Å². The Morgan fingerprint density at radius 2 is 1.64 bits per heavy atom. The fourth-order valence-electron chi connectivity index (χ4n) is 3.55. The average Bonchev–Trinajstić information content (AvgIpc) is 2.83. The van der Waals surface area contributed by atoms with E-state index in [2.05, 4.69) is 10.6 Å². The minimum absolute atomic E-state index is 0.0289. The van der Waals surface area contributed by atoms with Crippen LogP contribution in [0.2, 0.25) is 0 Å². The Morgan fingerprint density at radius 3 is 2.36 bits per heavy atom. The van der Waals surface area contributed by atoms with Gasteiger partial charge >= 0.3 is 0 Å². The van der Waals surface area contributed by atoms with E-state index in [9.17, 15) is 22.8 Å². The SMILES string of the molecule is CCS(=O)(=O)c1ccccc1C(=O)Nc1ccc(C(=O)N2CC(=O)Nc3ccccc32)cc1. The maximum atomic E-state index is 13.0. The first-order valence-electron chi connectivity index (χ1n) is 10.2. The summed E-state index contributed by atoms with van der Waals surface area (Å²) in [4.78, 5) is 39.2. The highest BCUT2D eigenvalue weighted by atomic mass is 32.2. The van der Waals surface area contributed by atoms with E-state index in [0.717, 1.165) is 0 Å². The molecule has 1 aliphatic heterocycles. The van der Waals surface area contributed by atoms with Gasteiger partial charge in [0.2, 0.25) is 5.91 Å². The Balaban J connectivity index is 1.54. The summed E-state index contributed by atoms with van der Waals surface area (Å²) in [6, 6.07) is 19.2. The number of anilines is 3. The molecule has 3 amide bonds. The Bertz CT molecular complexity index is 1350. The zero-order valence-electron chi connectivity index (χ0n) is 17.7. The van der Waals surface area contributed by atoms with Crippen LogP contribution in [-0.2, 0) is 14.6 Å². The van der Waals surface area contributed by atoms with E-state index < -0.39 is 15.7 Å². The highest BCUT2D eigenvalue weighted by molar-refractivity contribution is 7.91. The van der Waals surface area contributed by atoms with Crippen molar-refractivity contribution in [1.29, 1.82) is 0 Å². The van der Waals surface area contributed by atoms with Crippen molar-refractivity contribution in [2.75, 3.05) is 27.8 Å². The lowest BCUT2D eigenvalue weighted by atomic mass is 10.1. The van der Waals surface area contributed by atoms with E-state index in [-0.39, 0.29) is 34.6 Å². The smallest absolute Gasteiger partial charge is 0.258 e. The van der Waals surface area contributed by atoms with Gasteiger partial charge in [0.25, 0.3) is 11.8 Å². The molecule has 8 nitrogen and oxygen atoms in total. The second kappa shape index (κ2) is 8.87. The quantitative estimate of drug-likeness (QED) is 0.603. The van der Waals surface area contributed by atoms with E-state index in [1.165, 1.54) is 24.0 Å². The van der Waals surface area contributed by atoms with Gasteiger partial charge in [-0.15, -0.1) is 0 Å². The molecule has 0 fully saturated rings. The monoisotopic (exact) mass is 463 g/mol. The van der Waals surface area contributed by atoms with Gasteiger partial charge in [0.1, 0.15) is 6.54 Å². The van der Waals surface area contributed by atoms with Gasteiger partial charge < -0.3 is 10.6 Å². The molecule has 33 heavy (non-hydrogen) atoms. The fourth-order valence-corrected chi connectivity index (χ4v) is 4.64. The predicted octanol–water partition coefficient (Wildman–Crippen LogP) is 3.33. The van der Waals surface area contributed by atoms with Gasteiger partial charge in [-0.3, -0.25) is 19.3 Å². The summed E-state index contributed by atoms with van der Waals surface area (Å²) < 4.78 is 24.6. The van der Waals surface area contributed by atoms with Crippen LogP contribution < -0.4 is 15.5 Å². The minimum Gasteiger partial charge on any atom is -0.323 e. The third-order valence-corrected chi connectivity index (χ3v) is 7.04. The van der Waals surface area contributed by atoms with Crippen molar-refractivity contribution >= 4 is 44.6 Å². The number of nitrogens with one attached hydrogen (secondary N) is 2. The second-order valence-corrected chi connectivity index (χ2v) is 9.63. The largest absolute Gasteiger partial charge is 0.323 e. The molecule has 0 aliphatic carbocycles. The summed E-state index contributed by atoms with van der Waals surface area (Å²) in [7, 11) is -3.57. The first-order chi connectivity index (χ1) is 15.8. The van der Waals surface area contributed by atoms with Crippen molar-refractivity contribution in [3.05, 3.63) is 83.9 Å². The number of amides is 3. The molecular formula is C24H21N3O5S.